The number of morpholine rings is 1. The first-order valence-electron chi connectivity index (χ1n) is 6.71. The van der Waals surface area contributed by atoms with Crippen molar-refractivity contribution in [2.75, 3.05) is 18.1 Å². The zero-order chi connectivity index (χ0) is 15.7. The number of nitro benzene ring substituents is 1. The van der Waals surface area contributed by atoms with Crippen molar-refractivity contribution in [3.8, 4) is 0 Å². The van der Waals surface area contributed by atoms with Crippen LogP contribution in [0.2, 0.25) is 0 Å². The third-order valence-corrected chi connectivity index (χ3v) is 3.71. The third kappa shape index (κ3) is 2.97. The molecule has 0 aliphatic carbocycles. The molecule has 0 bridgehead atoms. The lowest BCUT2D eigenvalue weighted by molar-refractivity contribution is -0.385. The Morgan fingerprint density at radius 2 is 2.14 bits per heavy atom. The molecule has 21 heavy (non-hydrogen) atoms. The van der Waals surface area contributed by atoms with E-state index in [1.807, 2.05) is 18.7 Å². The van der Waals surface area contributed by atoms with E-state index in [2.05, 4.69) is 0 Å². The molecule has 114 valence electrons. The minimum atomic E-state index is -1.17. The maximum atomic E-state index is 11.2. The predicted octanol–water partition coefficient (Wildman–Crippen LogP) is 2.22. The van der Waals surface area contributed by atoms with E-state index in [-0.39, 0.29) is 23.4 Å². The second-order valence-corrected chi connectivity index (χ2v) is 5.35. The van der Waals surface area contributed by atoms with Gasteiger partial charge >= 0.3 is 5.97 Å². The minimum absolute atomic E-state index is 0.00635. The lowest BCUT2D eigenvalue weighted by Crippen LogP contribution is -2.47. The van der Waals surface area contributed by atoms with Crippen LogP contribution in [0, 0.1) is 17.0 Å². The van der Waals surface area contributed by atoms with Crippen LogP contribution < -0.4 is 4.90 Å². The maximum absolute atomic E-state index is 11.2. The van der Waals surface area contributed by atoms with Gasteiger partial charge in [0.1, 0.15) is 0 Å². The molecule has 1 fully saturated rings. The molecule has 1 aromatic carbocycles. The number of carboxylic acids is 1. The van der Waals surface area contributed by atoms with E-state index in [9.17, 15) is 14.9 Å². The molecular weight excluding hydrogens is 276 g/mol. The highest BCUT2D eigenvalue weighted by Crippen LogP contribution is 2.33. The summed E-state index contributed by atoms with van der Waals surface area (Å²) in [5.74, 6) is -1.17. The fourth-order valence-electron chi connectivity index (χ4n) is 2.53. The predicted molar refractivity (Wildman–Crippen MR) is 77.0 cm³/mol. The normalized spacial score (nSPS) is 22.1. The van der Waals surface area contributed by atoms with E-state index in [1.165, 1.54) is 6.07 Å². The Bertz CT molecular complexity index is 587. The maximum Gasteiger partial charge on any atom is 0.336 e. The monoisotopic (exact) mass is 294 g/mol. The van der Waals surface area contributed by atoms with Crippen molar-refractivity contribution < 1.29 is 19.6 Å². The summed E-state index contributed by atoms with van der Waals surface area (Å²) in [4.78, 5) is 23.8. The highest BCUT2D eigenvalue weighted by Gasteiger charge is 2.28. The SMILES string of the molecule is Cc1c(N2CC(C)OCC2C)cc(C(=O)O)cc1[N+](=O)[O-]. The van der Waals surface area contributed by atoms with Crippen LogP contribution >= 0.6 is 0 Å². The Hall–Kier alpha value is -2.15. The fraction of sp³-hybridized carbons (Fsp3) is 0.500. The molecule has 1 aliphatic rings. The van der Waals surface area contributed by atoms with Crippen LogP contribution in [-0.2, 0) is 4.74 Å². The van der Waals surface area contributed by atoms with Crippen LogP contribution in [0.15, 0.2) is 12.1 Å². The Balaban J connectivity index is 2.55. The van der Waals surface area contributed by atoms with Crippen LogP contribution in [-0.4, -0.2) is 41.3 Å². The van der Waals surface area contributed by atoms with Crippen molar-refractivity contribution in [3.05, 3.63) is 33.4 Å². The van der Waals surface area contributed by atoms with Crippen LogP contribution in [0.3, 0.4) is 0 Å². The van der Waals surface area contributed by atoms with E-state index in [0.717, 1.165) is 6.07 Å². The second-order valence-electron chi connectivity index (χ2n) is 5.35. The average Bonchev–Trinajstić information content (AvgIpc) is 2.41. The Morgan fingerprint density at radius 1 is 1.48 bits per heavy atom. The van der Waals surface area contributed by atoms with E-state index in [1.54, 1.807) is 6.92 Å². The standard InChI is InChI=1S/C14H18N2O5/c1-8-7-21-9(2)6-15(8)12-4-11(14(17)18)5-13(10(12)3)16(19)20/h4-5,8-9H,6-7H2,1-3H3,(H,17,18). The number of carboxylic acid groups (broad SMARTS) is 1. The lowest BCUT2D eigenvalue weighted by Gasteiger charge is -2.39. The molecule has 1 saturated heterocycles. The van der Waals surface area contributed by atoms with Crippen LogP contribution in [0.25, 0.3) is 0 Å². The van der Waals surface area contributed by atoms with Gasteiger partial charge < -0.3 is 14.7 Å². The Labute approximate surface area is 122 Å². The number of nitrogens with zero attached hydrogens (tertiary/aromatic N) is 2. The zero-order valence-corrected chi connectivity index (χ0v) is 12.2. The van der Waals surface area contributed by atoms with Crippen molar-refractivity contribution in [2.24, 2.45) is 0 Å². The summed E-state index contributed by atoms with van der Waals surface area (Å²) in [5.41, 5.74) is 0.820. The quantitative estimate of drug-likeness (QED) is 0.678. The summed E-state index contributed by atoms with van der Waals surface area (Å²) in [6.45, 7) is 6.59. The number of nitro groups is 1. The van der Waals surface area contributed by atoms with Gasteiger partial charge in [0, 0.05) is 24.3 Å². The van der Waals surface area contributed by atoms with Crippen molar-refractivity contribution in [1.29, 1.82) is 0 Å². The molecule has 2 rings (SSSR count). The van der Waals surface area contributed by atoms with Gasteiger partial charge in [0.15, 0.2) is 0 Å². The third-order valence-electron chi connectivity index (χ3n) is 3.71. The summed E-state index contributed by atoms with van der Waals surface area (Å²) >= 11 is 0. The highest BCUT2D eigenvalue weighted by atomic mass is 16.6. The van der Waals surface area contributed by atoms with Crippen molar-refractivity contribution in [3.63, 3.8) is 0 Å². The molecule has 1 heterocycles. The largest absolute Gasteiger partial charge is 0.478 e. The van der Waals surface area contributed by atoms with E-state index >= 15 is 0 Å². The molecule has 1 aliphatic heterocycles. The number of anilines is 1. The number of rotatable bonds is 3. The van der Waals surface area contributed by atoms with Gasteiger partial charge in [0.05, 0.1) is 28.8 Å². The van der Waals surface area contributed by atoms with Gasteiger partial charge in [0.2, 0.25) is 0 Å². The average molecular weight is 294 g/mol. The molecule has 2 unspecified atom stereocenters. The Morgan fingerprint density at radius 3 is 2.71 bits per heavy atom. The Kier molecular flexibility index (Phi) is 4.13. The van der Waals surface area contributed by atoms with E-state index in [4.69, 9.17) is 9.84 Å². The first kappa shape index (κ1) is 15.2. The fourth-order valence-corrected chi connectivity index (χ4v) is 2.53. The molecule has 1 N–H and O–H groups in total. The van der Waals surface area contributed by atoms with Gasteiger partial charge in [-0.15, -0.1) is 0 Å². The molecule has 0 aromatic heterocycles. The van der Waals surface area contributed by atoms with E-state index in [0.29, 0.717) is 24.4 Å². The van der Waals surface area contributed by atoms with Crippen LogP contribution in [0.1, 0.15) is 29.8 Å². The first-order chi connectivity index (χ1) is 9.81. The molecule has 0 radical (unpaired) electrons. The van der Waals surface area contributed by atoms with E-state index < -0.39 is 10.9 Å². The molecular formula is C14H18N2O5. The van der Waals surface area contributed by atoms with Crippen molar-refractivity contribution >= 4 is 17.3 Å². The number of carbonyl (C=O) groups is 1. The zero-order valence-electron chi connectivity index (χ0n) is 12.2. The van der Waals surface area contributed by atoms with Crippen LogP contribution in [0.4, 0.5) is 11.4 Å². The number of aromatic carboxylic acids is 1. The van der Waals surface area contributed by atoms with Gasteiger partial charge in [-0.3, -0.25) is 10.1 Å². The summed E-state index contributed by atoms with van der Waals surface area (Å²) in [6.07, 6.45) is -0.00635. The van der Waals surface area contributed by atoms with Gasteiger partial charge in [-0.2, -0.15) is 0 Å². The second kappa shape index (κ2) is 5.69. The van der Waals surface area contributed by atoms with Crippen LogP contribution in [0.5, 0.6) is 0 Å². The molecule has 7 heteroatoms. The number of benzene rings is 1. The molecule has 0 saturated carbocycles. The topological polar surface area (TPSA) is 92.9 Å². The number of hydrogen-bond donors (Lipinski definition) is 1. The summed E-state index contributed by atoms with van der Waals surface area (Å²) < 4.78 is 5.55. The van der Waals surface area contributed by atoms with Crippen molar-refractivity contribution in [2.45, 2.75) is 32.9 Å². The first-order valence-corrected chi connectivity index (χ1v) is 6.71. The lowest BCUT2D eigenvalue weighted by atomic mass is 10.0. The number of ether oxygens (including phenoxy) is 1. The molecule has 1 aromatic rings. The smallest absolute Gasteiger partial charge is 0.336 e. The molecule has 2 atom stereocenters. The summed E-state index contributed by atoms with van der Waals surface area (Å²) in [7, 11) is 0. The summed E-state index contributed by atoms with van der Waals surface area (Å²) in [6, 6.07) is 2.64. The van der Waals surface area contributed by atoms with Crippen molar-refractivity contribution in [1.82, 2.24) is 0 Å². The minimum Gasteiger partial charge on any atom is -0.478 e. The van der Waals surface area contributed by atoms with Gasteiger partial charge in [-0.1, -0.05) is 0 Å². The molecule has 7 nitrogen and oxygen atoms in total. The number of hydrogen-bond acceptors (Lipinski definition) is 5. The summed E-state index contributed by atoms with van der Waals surface area (Å²) in [5, 5.41) is 20.3. The van der Waals surface area contributed by atoms with Gasteiger partial charge in [0.25, 0.3) is 5.69 Å². The molecule has 0 spiro atoms. The highest BCUT2D eigenvalue weighted by molar-refractivity contribution is 5.90. The molecule has 0 amide bonds. The van der Waals surface area contributed by atoms with Gasteiger partial charge in [-0.05, 0) is 26.8 Å². The van der Waals surface area contributed by atoms with Gasteiger partial charge in [-0.25, -0.2) is 4.79 Å².